The molecule has 3 fully saturated rings. The van der Waals surface area contributed by atoms with Crippen molar-refractivity contribution in [3.05, 3.63) is 0 Å². The van der Waals surface area contributed by atoms with E-state index in [-0.39, 0.29) is 14.9 Å². The highest BCUT2D eigenvalue weighted by molar-refractivity contribution is 7.17. The molecule has 0 spiro atoms. The lowest BCUT2D eigenvalue weighted by atomic mass is 9.93. The standard InChI is InChI=1S/2C9H18.C8H17P.8C2H6.2CH4/c2*1-9-7-5-3-2-4-6-8-9;9-8-6-4-2-1-3-5-7-8;8*1-2;;/h2*9H,2-8H2,1H3;8H,1-7,9H2;8*1-2H3;2*1H4. The Kier molecular flexibility index (Phi) is 144. The van der Waals surface area contributed by atoms with Crippen LogP contribution in [-0.4, -0.2) is 5.66 Å². The average molecular weight is 669 g/mol. The van der Waals surface area contributed by atoms with E-state index in [0.717, 1.165) is 17.5 Å². The van der Waals surface area contributed by atoms with Crippen LogP contribution in [0.15, 0.2) is 0 Å². The summed E-state index contributed by atoms with van der Waals surface area (Å²) in [7, 11) is 2.96. The first-order chi connectivity index (χ1) is 21.2. The van der Waals surface area contributed by atoms with E-state index in [1.807, 2.05) is 111 Å². The molecule has 290 valence electrons. The quantitative estimate of drug-likeness (QED) is 0.225. The molecule has 3 rings (SSSR count). The van der Waals surface area contributed by atoms with Gasteiger partial charge in [0, 0.05) is 0 Å². The summed E-state index contributed by atoms with van der Waals surface area (Å²) in [6.45, 7) is 36.8. The van der Waals surface area contributed by atoms with Gasteiger partial charge in [-0.1, -0.05) is 261 Å². The van der Waals surface area contributed by atoms with Gasteiger partial charge >= 0.3 is 0 Å². The van der Waals surface area contributed by atoms with Crippen molar-refractivity contribution < 1.29 is 0 Å². The van der Waals surface area contributed by atoms with Crippen LogP contribution in [0.3, 0.4) is 0 Å². The zero-order valence-corrected chi connectivity index (χ0v) is 36.3. The monoisotopic (exact) mass is 669 g/mol. The first kappa shape index (κ1) is 71.4. The van der Waals surface area contributed by atoms with Gasteiger partial charge in [-0.15, -0.1) is 9.24 Å². The zero-order chi connectivity index (χ0) is 35.6. The molecule has 0 saturated heterocycles. The van der Waals surface area contributed by atoms with Gasteiger partial charge < -0.3 is 0 Å². The van der Waals surface area contributed by atoms with Crippen LogP contribution in [0.25, 0.3) is 0 Å². The second kappa shape index (κ2) is 90.5. The van der Waals surface area contributed by atoms with Crippen molar-refractivity contribution >= 4 is 9.24 Å². The van der Waals surface area contributed by atoms with E-state index in [9.17, 15) is 0 Å². The van der Waals surface area contributed by atoms with Crippen LogP contribution in [0.1, 0.15) is 274 Å². The molecule has 45 heavy (non-hydrogen) atoms. The summed E-state index contributed by atoms with van der Waals surface area (Å²) >= 11 is 0. The van der Waals surface area contributed by atoms with Gasteiger partial charge in [-0.05, 0) is 30.3 Å². The predicted octanol–water partition coefficient (Wildman–Crippen LogP) is 19.2. The van der Waals surface area contributed by atoms with Crippen molar-refractivity contribution in [3.8, 4) is 0 Å². The molecule has 3 saturated carbocycles. The van der Waals surface area contributed by atoms with Gasteiger partial charge in [-0.3, -0.25) is 0 Å². The van der Waals surface area contributed by atoms with Gasteiger partial charge in [0.2, 0.25) is 0 Å². The van der Waals surface area contributed by atoms with Gasteiger partial charge in [-0.25, -0.2) is 0 Å². The fraction of sp³-hybridized carbons (Fsp3) is 1.00. The molecular weight excluding hydrogens is 559 g/mol. The number of rotatable bonds is 0. The van der Waals surface area contributed by atoms with Crippen LogP contribution < -0.4 is 0 Å². The molecule has 0 radical (unpaired) electrons. The van der Waals surface area contributed by atoms with Crippen LogP contribution in [0.2, 0.25) is 0 Å². The predicted molar refractivity (Wildman–Crippen MR) is 233 cm³/mol. The topological polar surface area (TPSA) is 0 Å². The first-order valence-corrected chi connectivity index (χ1v) is 21.6. The van der Waals surface area contributed by atoms with Crippen molar-refractivity contribution in [2.45, 2.75) is 280 Å². The lowest BCUT2D eigenvalue weighted by molar-refractivity contribution is 0.404. The van der Waals surface area contributed by atoms with Crippen molar-refractivity contribution in [1.29, 1.82) is 0 Å². The molecule has 1 unspecified atom stereocenters. The van der Waals surface area contributed by atoms with Crippen molar-refractivity contribution in [1.82, 2.24) is 0 Å². The second-order valence-corrected chi connectivity index (χ2v) is 10.9. The SMILES string of the molecule is C.C.CC.CC.CC.CC.CC.CC.CC.CC.CC1CCCCCCC1.CC1CCCCCCC1.PC1CCCCCCC1. The van der Waals surface area contributed by atoms with Crippen molar-refractivity contribution in [2.24, 2.45) is 11.8 Å². The number of hydrogen-bond acceptors (Lipinski definition) is 0. The van der Waals surface area contributed by atoms with E-state index >= 15 is 0 Å². The summed E-state index contributed by atoms with van der Waals surface area (Å²) < 4.78 is 0. The Morgan fingerprint density at radius 1 is 0.267 bits per heavy atom. The van der Waals surface area contributed by atoms with Gasteiger partial charge in [-0.2, -0.15) is 0 Å². The summed E-state index contributed by atoms with van der Waals surface area (Å²) in [5, 5.41) is 0. The van der Waals surface area contributed by atoms with E-state index in [1.54, 1.807) is 0 Å². The van der Waals surface area contributed by atoms with Crippen molar-refractivity contribution in [3.63, 3.8) is 0 Å². The van der Waals surface area contributed by atoms with E-state index in [2.05, 4.69) is 23.1 Å². The van der Waals surface area contributed by atoms with E-state index < -0.39 is 0 Å². The lowest BCUT2D eigenvalue weighted by Gasteiger charge is -2.13. The van der Waals surface area contributed by atoms with Gasteiger partial charge in [0.15, 0.2) is 0 Å². The van der Waals surface area contributed by atoms with Crippen LogP contribution >= 0.6 is 9.24 Å². The molecule has 1 atom stereocenters. The fourth-order valence-corrected chi connectivity index (χ4v) is 5.28. The molecule has 0 N–H and O–H groups in total. The van der Waals surface area contributed by atoms with Gasteiger partial charge in [0.1, 0.15) is 0 Å². The molecule has 0 bridgehead atoms. The zero-order valence-electron chi connectivity index (χ0n) is 35.2. The molecule has 0 aliphatic heterocycles. The Balaban J connectivity index is -0.0000000410. The molecule has 0 aromatic heterocycles. The Morgan fingerprint density at radius 3 is 0.578 bits per heavy atom. The third kappa shape index (κ3) is 86.4. The minimum atomic E-state index is 0. The maximum absolute atomic E-state index is 2.96. The number of hydrogen-bond donors (Lipinski definition) is 0. The maximum atomic E-state index is 2.96. The Hall–Kier alpha value is 0.430. The smallest absolute Gasteiger partial charge is 0.0264 e. The molecule has 3 aliphatic carbocycles. The van der Waals surface area contributed by atoms with Crippen LogP contribution in [0.5, 0.6) is 0 Å². The van der Waals surface area contributed by atoms with Crippen molar-refractivity contribution in [2.75, 3.05) is 0 Å². The highest BCUT2D eigenvalue weighted by Crippen LogP contribution is 2.23. The van der Waals surface area contributed by atoms with E-state index in [0.29, 0.717) is 0 Å². The third-order valence-electron chi connectivity index (χ3n) is 6.94. The third-order valence-corrected chi connectivity index (χ3v) is 7.60. The van der Waals surface area contributed by atoms with Crippen LogP contribution in [0.4, 0.5) is 0 Å². The van der Waals surface area contributed by atoms with Crippen LogP contribution in [0, 0.1) is 11.8 Å². The van der Waals surface area contributed by atoms with Gasteiger partial charge in [0.05, 0.1) is 0 Å². The normalized spacial score (nSPS) is 16.1. The molecule has 3 aliphatic rings. The summed E-state index contributed by atoms with van der Waals surface area (Å²) in [5.74, 6) is 2.04. The Bertz CT molecular complexity index is 230. The van der Waals surface area contributed by atoms with Gasteiger partial charge in [0.25, 0.3) is 0 Å². The lowest BCUT2D eigenvalue weighted by Crippen LogP contribution is -2.00. The molecule has 0 heterocycles. The second-order valence-electron chi connectivity index (χ2n) is 10.0. The summed E-state index contributed by atoms with van der Waals surface area (Å²) in [5.41, 5.74) is 0.935. The fourth-order valence-electron chi connectivity index (χ4n) is 4.81. The summed E-state index contributed by atoms with van der Waals surface area (Å²) in [6.07, 6.45) is 31.1. The largest absolute Gasteiger partial charge is 0.134 e. The Morgan fingerprint density at radius 2 is 0.400 bits per heavy atom. The van der Waals surface area contributed by atoms with E-state index in [1.165, 1.54) is 135 Å². The maximum Gasteiger partial charge on any atom is -0.0264 e. The molecule has 0 nitrogen and oxygen atoms in total. The molecular formula is C44H109P. The highest BCUT2D eigenvalue weighted by atomic mass is 31.0. The molecule has 1 heteroatoms. The first-order valence-electron chi connectivity index (χ1n) is 20.9. The summed E-state index contributed by atoms with van der Waals surface area (Å²) in [6, 6.07) is 0. The summed E-state index contributed by atoms with van der Waals surface area (Å²) in [4.78, 5) is 0. The highest BCUT2D eigenvalue weighted by Gasteiger charge is 2.06. The minimum absolute atomic E-state index is 0. The molecule has 0 amide bonds. The molecule has 0 aromatic rings. The van der Waals surface area contributed by atoms with Crippen LogP contribution in [-0.2, 0) is 0 Å². The minimum Gasteiger partial charge on any atom is -0.134 e. The average Bonchev–Trinajstić information content (AvgIpc) is 3.07. The Labute approximate surface area is 300 Å². The molecule has 0 aromatic carbocycles. The van der Waals surface area contributed by atoms with E-state index in [4.69, 9.17) is 0 Å².